The molecule has 5 heteroatoms. The Morgan fingerprint density at radius 2 is 2.07 bits per heavy atom. The van der Waals surface area contributed by atoms with E-state index in [0.717, 1.165) is 5.57 Å². The molecule has 74 valence electrons. The summed E-state index contributed by atoms with van der Waals surface area (Å²) < 4.78 is 0. The highest BCUT2D eigenvalue weighted by Crippen LogP contribution is 2.06. The van der Waals surface area contributed by atoms with Gasteiger partial charge in [0.2, 0.25) is 0 Å². The third-order valence-electron chi connectivity index (χ3n) is 1.57. The molecule has 0 amide bonds. The Kier molecular flexibility index (Phi) is 2.81. The Hall–Kier alpha value is -1.91. The topological polar surface area (TPSA) is 78.1 Å². The van der Waals surface area contributed by atoms with Gasteiger partial charge in [-0.2, -0.15) is 0 Å². The zero-order chi connectivity index (χ0) is 10.7. The van der Waals surface area contributed by atoms with Crippen LogP contribution >= 0.6 is 0 Å². The van der Waals surface area contributed by atoms with Crippen LogP contribution in [0.15, 0.2) is 26.7 Å². The van der Waals surface area contributed by atoms with Crippen molar-refractivity contribution in [2.24, 2.45) is 4.99 Å². The first-order valence-corrected chi connectivity index (χ1v) is 4.03. The molecular weight excluding hydrogens is 182 g/mol. The number of H-pyrrole nitrogens is 2. The largest absolute Gasteiger partial charge is 0.327 e. The number of rotatable bonds is 2. The molecule has 14 heavy (non-hydrogen) atoms. The van der Waals surface area contributed by atoms with E-state index in [4.69, 9.17) is 0 Å². The summed E-state index contributed by atoms with van der Waals surface area (Å²) >= 11 is 0. The molecule has 0 spiro atoms. The van der Waals surface area contributed by atoms with Crippen LogP contribution in [0.4, 0.5) is 5.82 Å². The minimum Gasteiger partial charge on any atom is -0.292 e. The molecule has 0 atom stereocenters. The Morgan fingerprint density at radius 3 is 2.64 bits per heavy atom. The highest BCUT2D eigenvalue weighted by Gasteiger charge is 2.01. The number of aromatic amines is 2. The van der Waals surface area contributed by atoms with E-state index in [-0.39, 0.29) is 5.82 Å². The Balaban J connectivity index is 3.28. The summed E-state index contributed by atoms with van der Waals surface area (Å²) in [5.41, 5.74) is 0.129. The average Bonchev–Trinajstić information content (AvgIpc) is 2.08. The van der Waals surface area contributed by atoms with E-state index in [2.05, 4.69) is 21.5 Å². The SMILES string of the molecule is C=C(C)/C=N\c1[nH]c(=O)[nH]c(=O)c1C. The highest BCUT2D eigenvalue weighted by molar-refractivity contribution is 5.79. The summed E-state index contributed by atoms with van der Waals surface area (Å²) in [6.07, 6.45) is 1.48. The van der Waals surface area contributed by atoms with Crippen LogP contribution in [0.5, 0.6) is 0 Å². The molecule has 0 saturated heterocycles. The quantitative estimate of drug-likeness (QED) is 0.676. The van der Waals surface area contributed by atoms with E-state index in [1.54, 1.807) is 13.8 Å². The smallest absolute Gasteiger partial charge is 0.292 e. The maximum Gasteiger partial charge on any atom is 0.327 e. The summed E-state index contributed by atoms with van der Waals surface area (Å²) in [6.45, 7) is 6.97. The third-order valence-corrected chi connectivity index (χ3v) is 1.57. The minimum atomic E-state index is -0.561. The predicted octanol–water partition coefficient (Wildman–Crippen LogP) is 0.650. The van der Waals surface area contributed by atoms with Gasteiger partial charge in [-0.3, -0.25) is 14.8 Å². The van der Waals surface area contributed by atoms with Gasteiger partial charge in [0.15, 0.2) is 0 Å². The van der Waals surface area contributed by atoms with Gasteiger partial charge < -0.3 is 0 Å². The maximum atomic E-state index is 11.1. The van der Waals surface area contributed by atoms with Gasteiger partial charge in [0.25, 0.3) is 5.56 Å². The van der Waals surface area contributed by atoms with Crippen LogP contribution in [-0.4, -0.2) is 16.2 Å². The van der Waals surface area contributed by atoms with Crippen molar-refractivity contribution in [3.8, 4) is 0 Å². The van der Waals surface area contributed by atoms with E-state index in [1.165, 1.54) is 6.21 Å². The number of hydrogen-bond acceptors (Lipinski definition) is 3. The lowest BCUT2D eigenvalue weighted by Gasteiger charge is -1.96. The van der Waals surface area contributed by atoms with Gasteiger partial charge in [-0.15, -0.1) is 0 Å². The van der Waals surface area contributed by atoms with Crippen LogP contribution in [0.3, 0.4) is 0 Å². The number of nitrogens with zero attached hydrogens (tertiary/aromatic N) is 1. The zero-order valence-corrected chi connectivity index (χ0v) is 8.05. The first kappa shape index (κ1) is 10.2. The fraction of sp³-hybridized carbons (Fsp3) is 0.222. The second-order valence-electron chi connectivity index (χ2n) is 2.99. The van der Waals surface area contributed by atoms with Gasteiger partial charge in [0.05, 0.1) is 5.56 Å². The van der Waals surface area contributed by atoms with E-state index in [9.17, 15) is 9.59 Å². The Labute approximate surface area is 80.2 Å². The first-order valence-electron chi connectivity index (χ1n) is 4.03. The monoisotopic (exact) mass is 193 g/mol. The average molecular weight is 193 g/mol. The van der Waals surface area contributed by atoms with Crippen LogP contribution in [-0.2, 0) is 0 Å². The number of hydrogen-bond donors (Lipinski definition) is 2. The molecular formula is C9H11N3O2. The van der Waals surface area contributed by atoms with Crippen LogP contribution in [0.25, 0.3) is 0 Å². The van der Waals surface area contributed by atoms with Crippen molar-refractivity contribution in [2.75, 3.05) is 0 Å². The second-order valence-corrected chi connectivity index (χ2v) is 2.99. The summed E-state index contributed by atoms with van der Waals surface area (Å²) in [6, 6.07) is 0. The molecule has 0 aliphatic rings. The van der Waals surface area contributed by atoms with Crippen LogP contribution in [0, 0.1) is 6.92 Å². The van der Waals surface area contributed by atoms with Crippen LogP contribution < -0.4 is 11.2 Å². The lowest BCUT2D eigenvalue weighted by Crippen LogP contribution is -2.23. The molecule has 0 radical (unpaired) electrons. The molecule has 1 rings (SSSR count). The van der Waals surface area contributed by atoms with Gasteiger partial charge in [-0.25, -0.2) is 9.79 Å². The molecule has 1 aromatic rings. The van der Waals surface area contributed by atoms with Crippen molar-refractivity contribution in [3.05, 3.63) is 38.6 Å². The van der Waals surface area contributed by atoms with E-state index >= 15 is 0 Å². The standard InChI is InChI=1S/C9H11N3O2/c1-5(2)4-10-7-6(3)8(13)12-9(14)11-7/h4H,1H2,2-3H3,(H2,11,12,13,14)/b10-4-. The lowest BCUT2D eigenvalue weighted by molar-refractivity contribution is 1.00. The van der Waals surface area contributed by atoms with Crippen LogP contribution in [0.2, 0.25) is 0 Å². The molecule has 0 saturated carbocycles. The highest BCUT2D eigenvalue weighted by atomic mass is 16.2. The van der Waals surface area contributed by atoms with Crippen LogP contribution in [0.1, 0.15) is 12.5 Å². The minimum absolute atomic E-state index is 0.266. The Bertz CT molecular complexity index is 494. The number of aliphatic imine (C=N–C) groups is 1. The summed E-state index contributed by atoms with van der Waals surface area (Å²) in [7, 11) is 0. The lowest BCUT2D eigenvalue weighted by atomic mass is 10.3. The van der Waals surface area contributed by atoms with Crippen molar-refractivity contribution >= 4 is 12.0 Å². The number of nitrogens with one attached hydrogen (secondary N) is 2. The molecule has 5 nitrogen and oxygen atoms in total. The molecule has 0 aliphatic heterocycles. The van der Waals surface area contributed by atoms with Gasteiger partial charge in [0.1, 0.15) is 5.82 Å². The summed E-state index contributed by atoms with van der Waals surface area (Å²) in [5, 5.41) is 0. The number of allylic oxidation sites excluding steroid dienone is 1. The second kappa shape index (κ2) is 3.87. The molecule has 0 bridgehead atoms. The molecule has 1 aromatic heterocycles. The van der Waals surface area contributed by atoms with E-state index in [0.29, 0.717) is 5.56 Å². The third kappa shape index (κ3) is 2.29. The zero-order valence-electron chi connectivity index (χ0n) is 8.05. The van der Waals surface area contributed by atoms with E-state index < -0.39 is 11.2 Å². The molecule has 0 aromatic carbocycles. The number of aromatic nitrogens is 2. The summed E-state index contributed by atoms with van der Waals surface area (Å²) in [5.74, 6) is 0.266. The van der Waals surface area contributed by atoms with Crippen molar-refractivity contribution in [2.45, 2.75) is 13.8 Å². The molecule has 0 aliphatic carbocycles. The Morgan fingerprint density at radius 1 is 1.43 bits per heavy atom. The molecule has 1 heterocycles. The normalized spacial score (nSPS) is 10.7. The van der Waals surface area contributed by atoms with Crippen molar-refractivity contribution in [1.29, 1.82) is 0 Å². The van der Waals surface area contributed by atoms with Crippen molar-refractivity contribution in [1.82, 2.24) is 9.97 Å². The van der Waals surface area contributed by atoms with Gasteiger partial charge in [-0.05, 0) is 19.4 Å². The fourth-order valence-corrected chi connectivity index (χ4v) is 0.841. The fourth-order valence-electron chi connectivity index (χ4n) is 0.841. The van der Waals surface area contributed by atoms with Gasteiger partial charge in [-0.1, -0.05) is 6.58 Å². The first-order chi connectivity index (χ1) is 6.50. The summed E-state index contributed by atoms with van der Waals surface area (Å²) in [4.78, 5) is 30.5. The van der Waals surface area contributed by atoms with E-state index in [1.807, 2.05) is 0 Å². The molecule has 0 unspecified atom stereocenters. The van der Waals surface area contributed by atoms with Crippen molar-refractivity contribution in [3.63, 3.8) is 0 Å². The van der Waals surface area contributed by atoms with Gasteiger partial charge in [0, 0.05) is 6.21 Å². The van der Waals surface area contributed by atoms with Gasteiger partial charge >= 0.3 is 5.69 Å². The van der Waals surface area contributed by atoms with Crippen molar-refractivity contribution < 1.29 is 0 Å². The molecule has 0 fully saturated rings. The maximum absolute atomic E-state index is 11.1. The molecule has 2 N–H and O–H groups in total. The predicted molar refractivity (Wildman–Crippen MR) is 55.4 cm³/mol.